The second-order valence-electron chi connectivity index (χ2n) is 2.64. The van der Waals surface area contributed by atoms with Crippen molar-refractivity contribution in [1.29, 1.82) is 0 Å². The van der Waals surface area contributed by atoms with Gasteiger partial charge in [-0.05, 0) is 12.2 Å². The van der Waals surface area contributed by atoms with Crippen LogP contribution in [0.25, 0.3) is 0 Å². The second-order valence-corrected chi connectivity index (χ2v) is 3.55. The Morgan fingerprint density at radius 2 is 2.10 bits per heavy atom. The number of carboxylic acids is 1. The lowest BCUT2D eigenvalue weighted by molar-refractivity contribution is -0.142. The van der Waals surface area contributed by atoms with Crippen molar-refractivity contribution in [1.82, 2.24) is 0 Å². The van der Waals surface area contributed by atoms with Gasteiger partial charge in [-0.3, -0.25) is 4.79 Å². The smallest absolute Gasteiger partial charge is 0.307 e. The fourth-order valence-electron chi connectivity index (χ4n) is 0.728. The Balaban J connectivity index is 3.85. The average Bonchev–Trinajstić information content (AvgIpc) is 1.81. The van der Waals surface area contributed by atoms with Gasteiger partial charge in [0.1, 0.15) is 0 Å². The van der Waals surface area contributed by atoms with E-state index in [1.54, 1.807) is 11.8 Å². The quantitative estimate of drug-likeness (QED) is 0.683. The molecule has 1 atom stereocenters. The third-order valence-electron chi connectivity index (χ3n) is 1.47. The minimum Gasteiger partial charge on any atom is -0.481 e. The predicted octanol–water partition coefficient (Wildman–Crippen LogP) is 1.71. The van der Waals surface area contributed by atoms with Crippen LogP contribution in [0.5, 0.6) is 0 Å². The zero-order chi connectivity index (χ0) is 8.15. The summed E-state index contributed by atoms with van der Waals surface area (Å²) in [5.41, 5.74) is 0. The summed E-state index contributed by atoms with van der Waals surface area (Å²) in [7, 11) is 0. The summed E-state index contributed by atoms with van der Waals surface area (Å²) >= 11 is 1.59. The van der Waals surface area contributed by atoms with E-state index in [1.165, 1.54) is 0 Å². The lowest BCUT2D eigenvalue weighted by atomic mass is 9.98. The van der Waals surface area contributed by atoms with Crippen molar-refractivity contribution in [2.45, 2.75) is 13.8 Å². The molecule has 0 aromatic carbocycles. The molecule has 0 unspecified atom stereocenters. The van der Waals surface area contributed by atoms with E-state index in [0.29, 0.717) is 5.75 Å². The molecule has 1 N–H and O–H groups in total. The molecule has 3 heteroatoms. The van der Waals surface area contributed by atoms with Crippen LogP contribution in [0.2, 0.25) is 0 Å². The molecule has 0 amide bonds. The van der Waals surface area contributed by atoms with Gasteiger partial charge in [0, 0.05) is 5.75 Å². The molecule has 0 aliphatic heterocycles. The van der Waals surface area contributed by atoms with Crippen molar-refractivity contribution in [3.63, 3.8) is 0 Å². The average molecular weight is 162 g/mol. The topological polar surface area (TPSA) is 37.3 Å². The van der Waals surface area contributed by atoms with Crippen LogP contribution < -0.4 is 0 Å². The van der Waals surface area contributed by atoms with Crippen LogP contribution >= 0.6 is 11.8 Å². The first-order valence-corrected chi connectivity index (χ1v) is 4.70. The van der Waals surface area contributed by atoms with Crippen molar-refractivity contribution in [2.75, 3.05) is 12.0 Å². The van der Waals surface area contributed by atoms with Gasteiger partial charge in [-0.2, -0.15) is 11.8 Å². The van der Waals surface area contributed by atoms with Gasteiger partial charge < -0.3 is 5.11 Å². The molecule has 0 saturated carbocycles. The molecule has 0 radical (unpaired) electrons. The van der Waals surface area contributed by atoms with E-state index in [2.05, 4.69) is 0 Å². The van der Waals surface area contributed by atoms with Crippen LogP contribution in [0.15, 0.2) is 0 Å². The van der Waals surface area contributed by atoms with Gasteiger partial charge in [0.25, 0.3) is 0 Å². The van der Waals surface area contributed by atoms with E-state index in [9.17, 15) is 4.79 Å². The molecule has 0 fully saturated rings. The molecule has 0 heterocycles. The molecule has 0 rings (SSSR count). The summed E-state index contributed by atoms with van der Waals surface area (Å²) in [6, 6.07) is 0. The normalized spacial score (nSPS) is 13.6. The zero-order valence-corrected chi connectivity index (χ0v) is 7.44. The lowest BCUT2D eigenvalue weighted by Crippen LogP contribution is -2.21. The highest BCUT2D eigenvalue weighted by Crippen LogP contribution is 2.15. The highest BCUT2D eigenvalue weighted by atomic mass is 32.2. The van der Waals surface area contributed by atoms with E-state index in [1.807, 2.05) is 20.1 Å². The van der Waals surface area contributed by atoms with Crippen LogP contribution in [0.1, 0.15) is 13.8 Å². The number of aliphatic carboxylic acids is 1. The van der Waals surface area contributed by atoms with Crippen LogP contribution in [-0.4, -0.2) is 23.1 Å². The van der Waals surface area contributed by atoms with E-state index in [4.69, 9.17) is 5.11 Å². The number of carboxylic acid groups (broad SMARTS) is 1. The van der Waals surface area contributed by atoms with Crippen LogP contribution in [0.3, 0.4) is 0 Å². The predicted molar refractivity (Wildman–Crippen MR) is 44.3 cm³/mol. The number of rotatable bonds is 4. The Kier molecular flexibility index (Phi) is 4.52. The van der Waals surface area contributed by atoms with Crippen molar-refractivity contribution in [2.24, 2.45) is 11.8 Å². The summed E-state index contributed by atoms with van der Waals surface area (Å²) < 4.78 is 0. The van der Waals surface area contributed by atoms with Crippen LogP contribution in [-0.2, 0) is 4.79 Å². The van der Waals surface area contributed by atoms with Gasteiger partial charge in [0.05, 0.1) is 5.92 Å². The molecule has 0 bridgehead atoms. The molecule has 2 nitrogen and oxygen atoms in total. The molecule has 0 aliphatic rings. The van der Waals surface area contributed by atoms with Gasteiger partial charge in [-0.25, -0.2) is 0 Å². The van der Waals surface area contributed by atoms with Gasteiger partial charge in [-0.15, -0.1) is 0 Å². The Morgan fingerprint density at radius 1 is 1.60 bits per heavy atom. The molecule has 0 spiro atoms. The Hall–Kier alpha value is -0.180. The summed E-state index contributed by atoms with van der Waals surface area (Å²) in [6.45, 7) is 3.88. The van der Waals surface area contributed by atoms with E-state index in [0.717, 1.165) is 0 Å². The van der Waals surface area contributed by atoms with Gasteiger partial charge >= 0.3 is 5.97 Å². The molecular weight excluding hydrogens is 148 g/mol. The number of thioether (sulfide) groups is 1. The highest BCUT2D eigenvalue weighted by Gasteiger charge is 2.19. The summed E-state index contributed by atoms with van der Waals surface area (Å²) in [6.07, 6.45) is 1.93. The standard InChI is InChI=1S/C7H14O2S/c1-5(2)6(4-10-3)7(8)9/h5-6H,4H2,1-3H3,(H,8,9)/t6-/m1/s1. The van der Waals surface area contributed by atoms with Crippen molar-refractivity contribution in [3.05, 3.63) is 0 Å². The van der Waals surface area contributed by atoms with Gasteiger partial charge in [-0.1, -0.05) is 13.8 Å². The maximum atomic E-state index is 10.5. The van der Waals surface area contributed by atoms with E-state index >= 15 is 0 Å². The molecule has 10 heavy (non-hydrogen) atoms. The Morgan fingerprint density at radius 3 is 2.20 bits per heavy atom. The molecule has 0 aromatic rings. The Labute approximate surface area is 66.0 Å². The first kappa shape index (κ1) is 9.82. The fraction of sp³-hybridized carbons (Fsp3) is 0.857. The Bertz CT molecular complexity index is 112. The summed E-state index contributed by atoms with van der Waals surface area (Å²) in [5.74, 6) is 0.0943. The van der Waals surface area contributed by atoms with Gasteiger partial charge in [0.2, 0.25) is 0 Å². The molecule has 0 aliphatic carbocycles. The third-order valence-corrected chi connectivity index (χ3v) is 2.16. The SMILES string of the molecule is CSC[C@@H](C(=O)O)C(C)C. The van der Waals surface area contributed by atoms with Crippen LogP contribution in [0.4, 0.5) is 0 Å². The minimum atomic E-state index is -0.677. The minimum absolute atomic E-state index is 0.185. The molecular formula is C7H14O2S. The maximum Gasteiger partial charge on any atom is 0.307 e. The molecule has 60 valence electrons. The van der Waals surface area contributed by atoms with Crippen molar-refractivity contribution < 1.29 is 9.90 Å². The second kappa shape index (κ2) is 4.61. The van der Waals surface area contributed by atoms with Crippen molar-refractivity contribution >= 4 is 17.7 Å². The third kappa shape index (κ3) is 3.11. The first-order valence-electron chi connectivity index (χ1n) is 3.31. The monoisotopic (exact) mass is 162 g/mol. The number of hydrogen-bond donors (Lipinski definition) is 1. The zero-order valence-electron chi connectivity index (χ0n) is 6.63. The maximum absolute atomic E-state index is 10.5. The summed E-state index contributed by atoms with van der Waals surface area (Å²) in [4.78, 5) is 10.5. The fourth-order valence-corrected chi connectivity index (χ4v) is 1.62. The van der Waals surface area contributed by atoms with E-state index in [-0.39, 0.29) is 11.8 Å². The van der Waals surface area contributed by atoms with Crippen molar-refractivity contribution in [3.8, 4) is 0 Å². The lowest BCUT2D eigenvalue weighted by Gasteiger charge is -2.13. The molecule has 0 saturated heterocycles. The summed E-state index contributed by atoms with van der Waals surface area (Å²) in [5, 5.41) is 8.66. The molecule has 0 aromatic heterocycles. The largest absolute Gasteiger partial charge is 0.481 e. The van der Waals surface area contributed by atoms with E-state index < -0.39 is 5.97 Å². The van der Waals surface area contributed by atoms with Crippen LogP contribution in [0, 0.1) is 11.8 Å². The first-order chi connectivity index (χ1) is 4.59. The number of carbonyl (C=O) groups is 1. The number of hydrogen-bond acceptors (Lipinski definition) is 2. The highest BCUT2D eigenvalue weighted by molar-refractivity contribution is 7.98. The van der Waals surface area contributed by atoms with Gasteiger partial charge in [0.15, 0.2) is 0 Å².